The number of aromatic nitrogens is 1. The van der Waals surface area contributed by atoms with Gasteiger partial charge in [-0.2, -0.15) is 0 Å². The van der Waals surface area contributed by atoms with Crippen molar-refractivity contribution in [1.82, 2.24) is 4.98 Å². The molecule has 4 heteroatoms. The fraction of sp³-hybridized carbons (Fsp3) is 0.500. The SMILES string of the molecule is CCC(C)(O)CNc1ccncc1Br. The van der Waals surface area contributed by atoms with E-state index in [0.717, 1.165) is 16.6 Å². The van der Waals surface area contributed by atoms with Crippen molar-refractivity contribution in [3.05, 3.63) is 22.9 Å². The largest absolute Gasteiger partial charge is 0.388 e. The van der Waals surface area contributed by atoms with Crippen molar-refractivity contribution in [3.8, 4) is 0 Å². The number of pyridine rings is 1. The van der Waals surface area contributed by atoms with E-state index in [2.05, 4.69) is 26.2 Å². The van der Waals surface area contributed by atoms with Gasteiger partial charge in [0.1, 0.15) is 0 Å². The van der Waals surface area contributed by atoms with Crippen LogP contribution in [0, 0.1) is 0 Å². The highest BCUT2D eigenvalue weighted by atomic mass is 79.9. The summed E-state index contributed by atoms with van der Waals surface area (Å²) >= 11 is 3.38. The standard InChI is InChI=1S/C10H15BrN2O/c1-3-10(2,14)7-13-9-4-5-12-6-8(9)11/h4-6,14H,3,7H2,1-2H3,(H,12,13). The topological polar surface area (TPSA) is 45.1 Å². The summed E-state index contributed by atoms with van der Waals surface area (Å²) in [7, 11) is 0. The number of nitrogens with zero attached hydrogens (tertiary/aromatic N) is 1. The van der Waals surface area contributed by atoms with Crippen LogP contribution in [0.25, 0.3) is 0 Å². The van der Waals surface area contributed by atoms with Crippen molar-refractivity contribution < 1.29 is 5.11 Å². The number of hydrogen-bond donors (Lipinski definition) is 2. The Morgan fingerprint density at radius 1 is 1.64 bits per heavy atom. The molecule has 0 aliphatic carbocycles. The molecular formula is C10H15BrN2O. The van der Waals surface area contributed by atoms with Crippen LogP contribution < -0.4 is 5.32 Å². The van der Waals surface area contributed by atoms with Gasteiger partial charge in [0.05, 0.1) is 15.8 Å². The van der Waals surface area contributed by atoms with Crippen molar-refractivity contribution in [3.63, 3.8) is 0 Å². The second-order valence-corrected chi connectivity index (χ2v) is 4.41. The van der Waals surface area contributed by atoms with Crippen LogP contribution in [0.4, 0.5) is 5.69 Å². The number of rotatable bonds is 4. The van der Waals surface area contributed by atoms with Gasteiger partial charge in [-0.3, -0.25) is 4.98 Å². The molecule has 0 fully saturated rings. The summed E-state index contributed by atoms with van der Waals surface area (Å²) in [5.41, 5.74) is 0.289. The lowest BCUT2D eigenvalue weighted by Gasteiger charge is -2.22. The Hall–Kier alpha value is -0.610. The molecule has 14 heavy (non-hydrogen) atoms. The predicted octanol–water partition coefficient (Wildman–Crippen LogP) is 2.42. The van der Waals surface area contributed by atoms with Crippen molar-refractivity contribution in [2.45, 2.75) is 25.9 Å². The Morgan fingerprint density at radius 2 is 2.36 bits per heavy atom. The van der Waals surface area contributed by atoms with E-state index >= 15 is 0 Å². The van der Waals surface area contributed by atoms with E-state index in [0.29, 0.717) is 6.54 Å². The Labute approximate surface area is 92.7 Å². The summed E-state index contributed by atoms with van der Waals surface area (Å²) in [6.45, 7) is 4.31. The Bertz CT molecular complexity index is 302. The summed E-state index contributed by atoms with van der Waals surface area (Å²) in [6, 6.07) is 1.87. The summed E-state index contributed by atoms with van der Waals surface area (Å²) in [5, 5.41) is 12.9. The van der Waals surface area contributed by atoms with Crippen LogP contribution in [0.2, 0.25) is 0 Å². The molecule has 0 aliphatic heterocycles. The first-order chi connectivity index (χ1) is 6.55. The monoisotopic (exact) mass is 258 g/mol. The second-order valence-electron chi connectivity index (χ2n) is 3.56. The van der Waals surface area contributed by atoms with Gasteiger partial charge in [-0.1, -0.05) is 6.92 Å². The Morgan fingerprint density at radius 3 is 2.93 bits per heavy atom. The first kappa shape index (κ1) is 11.5. The first-order valence-electron chi connectivity index (χ1n) is 4.61. The lowest BCUT2D eigenvalue weighted by atomic mass is 10.0. The molecule has 1 atom stereocenters. The van der Waals surface area contributed by atoms with Gasteiger partial charge in [0, 0.05) is 18.9 Å². The van der Waals surface area contributed by atoms with Crippen LogP contribution in [0.3, 0.4) is 0 Å². The molecule has 0 amide bonds. The molecule has 1 unspecified atom stereocenters. The van der Waals surface area contributed by atoms with Crippen molar-refractivity contribution in [2.75, 3.05) is 11.9 Å². The van der Waals surface area contributed by atoms with Gasteiger partial charge in [0.25, 0.3) is 0 Å². The van der Waals surface area contributed by atoms with Gasteiger partial charge in [0.2, 0.25) is 0 Å². The molecule has 0 aliphatic rings. The lowest BCUT2D eigenvalue weighted by Crippen LogP contribution is -2.32. The van der Waals surface area contributed by atoms with E-state index in [-0.39, 0.29) is 0 Å². The minimum atomic E-state index is -0.664. The molecule has 78 valence electrons. The third-order valence-corrected chi connectivity index (χ3v) is 2.83. The average Bonchev–Trinajstić information content (AvgIpc) is 2.17. The van der Waals surface area contributed by atoms with Crippen LogP contribution in [-0.2, 0) is 0 Å². The van der Waals surface area contributed by atoms with E-state index in [1.807, 2.05) is 19.9 Å². The summed E-state index contributed by atoms with van der Waals surface area (Å²) in [5.74, 6) is 0. The zero-order valence-corrected chi connectivity index (χ0v) is 10.0. The highest BCUT2D eigenvalue weighted by Gasteiger charge is 2.16. The smallest absolute Gasteiger partial charge is 0.0788 e. The van der Waals surface area contributed by atoms with Crippen LogP contribution in [0.5, 0.6) is 0 Å². The average molecular weight is 259 g/mol. The van der Waals surface area contributed by atoms with Gasteiger partial charge >= 0.3 is 0 Å². The first-order valence-corrected chi connectivity index (χ1v) is 5.40. The number of halogens is 1. The van der Waals surface area contributed by atoms with Gasteiger partial charge < -0.3 is 10.4 Å². The summed E-state index contributed by atoms with van der Waals surface area (Å²) in [6.07, 6.45) is 4.17. The fourth-order valence-corrected chi connectivity index (χ4v) is 1.32. The zero-order valence-electron chi connectivity index (χ0n) is 8.42. The highest BCUT2D eigenvalue weighted by molar-refractivity contribution is 9.10. The van der Waals surface area contributed by atoms with Gasteiger partial charge in [-0.25, -0.2) is 0 Å². The van der Waals surface area contributed by atoms with Crippen LogP contribution in [0.15, 0.2) is 22.9 Å². The van der Waals surface area contributed by atoms with Gasteiger partial charge in [0.15, 0.2) is 0 Å². The Balaban J connectivity index is 2.58. The Kier molecular flexibility index (Phi) is 3.89. The zero-order chi connectivity index (χ0) is 10.6. The van der Waals surface area contributed by atoms with Gasteiger partial charge in [-0.15, -0.1) is 0 Å². The van der Waals surface area contributed by atoms with E-state index in [9.17, 15) is 5.11 Å². The number of nitrogens with one attached hydrogen (secondary N) is 1. The molecule has 1 rings (SSSR count). The third kappa shape index (κ3) is 3.27. The molecule has 0 bridgehead atoms. The maximum absolute atomic E-state index is 9.78. The predicted molar refractivity (Wildman–Crippen MR) is 61.3 cm³/mol. The fourth-order valence-electron chi connectivity index (χ4n) is 0.929. The normalized spacial score (nSPS) is 14.9. The highest BCUT2D eigenvalue weighted by Crippen LogP contribution is 2.21. The minimum Gasteiger partial charge on any atom is -0.388 e. The summed E-state index contributed by atoms with van der Waals surface area (Å²) in [4.78, 5) is 3.96. The van der Waals surface area contributed by atoms with Crippen molar-refractivity contribution >= 4 is 21.6 Å². The summed E-state index contributed by atoms with van der Waals surface area (Å²) < 4.78 is 0.909. The molecule has 2 N–H and O–H groups in total. The molecule has 0 radical (unpaired) electrons. The van der Waals surface area contributed by atoms with Gasteiger partial charge in [-0.05, 0) is 35.3 Å². The quantitative estimate of drug-likeness (QED) is 0.872. The molecule has 0 aromatic carbocycles. The second kappa shape index (κ2) is 4.75. The van der Waals surface area contributed by atoms with E-state index < -0.39 is 5.60 Å². The molecule has 1 aromatic rings. The van der Waals surface area contributed by atoms with E-state index in [1.54, 1.807) is 12.4 Å². The molecule has 3 nitrogen and oxygen atoms in total. The molecular weight excluding hydrogens is 244 g/mol. The minimum absolute atomic E-state index is 0.534. The molecule has 1 heterocycles. The maximum atomic E-state index is 9.78. The third-order valence-electron chi connectivity index (χ3n) is 2.19. The van der Waals surface area contributed by atoms with Crippen LogP contribution in [-0.4, -0.2) is 22.2 Å². The van der Waals surface area contributed by atoms with Crippen molar-refractivity contribution in [2.24, 2.45) is 0 Å². The van der Waals surface area contributed by atoms with Crippen LogP contribution in [0.1, 0.15) is 20.3 Å². The molecule has 0 saturated heterocycles. The molecule has 0 spiro atoms. The van der Waals surface area contributed by atoms with E-state index in [1.165, 1.54) is 0 Å². The lowest BCUT2D eigenvalue weighted by molar-refractivity contribution is 0.0697. The van der Waals surface area contributed by atoms with Crippen molar-refractivity contribution in [1.29, 1.82) is 0 Å². The van der Waals surface area contributed by atoms with Crippen LogP contribution >= 0.6 is 15.9 Å². The number of anilines is 1. The molecule has 1 aromatic heterocycles. The van der Waals surface area contributed by atoms with E-state index in [4.69, 9.17) is 0 Å². The maximum Gasteiger partial charge on any atom is 0.0788 e. The number of aliphatic hydroxyl groups is 1. The number of hydrogen-bond acceptors (Lipinski definition) is 3. The molecule has 0 saturated carbocycles.